The van der Waals surface area contributed by atoms with Gasteiger partial charge in [-0.1, -0.05) is 6.07 Å². The van der Waals surface area contributed by atoms with Crippen LogP contribution in [0.2, 0.25) is 0 Å². The molecule has 0 aliphatic heterocycles. The van der Waals surface area contributed by atoms with Crippen LogP contribution in [-0.4, -0.2) is 43.3 Å². The number of benzene rings is 1. The molecule has 0 aromatic heterocycles. The predicted molar refractivity (Wildman–Crippen MR) is 74.1 cm³/mol. The standard InChI is InChI=1S/C14H24N2O2/c1-11(2)16(3)8-7-15-10-12-5-6-14(18-4)13(17)9-12/h5-6,9,11,15,17H,7-8,10H2,1-4H3. The third-order valence-electron chi connectivity index (χ3n) is 3.10. The summed E-state index contributed by atoms with van der Waals surface area (Å²) < 4.78 is 5.01. The molecule has 4 heteroatoms. The number of phenolic OH excluding ortho intramolecular Hbond substituents is 1. The Hall–Kier alpha value is -1.26. The van der Waals surface area contributed by atoms with Crippen LogP contribution in [0.3, 0.4) is 0 Å². The Labute approximate surface area is 110 Å². The van der Waals surface area contributed by atoms with E-state index in [1.807, 2.05) is 6.07 Å². The molecule has 1 rings (SSSR count). The number of phenols is 1. The van der Waals surface area contributed by atoms with E-state index in [-0.39, 0.29) is 5.75 Å². The minimum absolute atomic E-state index is 0.191. The van der Waals surface area contributed by atoms with Crippen molar-refractivity contribution in [1.82, 2.24) is 10.2 Å². The molecule has 0 saturated heterocycles. The van der Waals surface area contributed by atoms with E-state index in [0.717, 1.165) is 25.2 Å². The zero-order valence-electron chi connectivity index (χ0n) is 11.7. The zero-order chi connectivity index (χ0) is 13.5. The van der Waals surface area contributed by atoms with Crippen LogP contribution in [0.5, 0.6) is 11.5 Å². The Morgan fingerprint density at radius 3 is 2.67 bits per heavy atom. The van der Waals surface area contributed by atoms with Crippen molar-refractivity contribution in [3.05, 3.63) is 23.8 Å². The molecule has 0 bridgehead atoms. The SMILES string of the molecule is COc1ccc(CNCCN(C)C(C)C)cc1O. The molecule has 0 aliphatic carbocycles. The summed E-state index contributed by atoms with van der Waals surface area (Å²) in [5.74, 6) is 0.703. The number of hydrogen-bond donors (Lipinski definition) is 2. The van der Waals surface area contributed by atoms with E-state index in [9.17, 15) is 5.11 Å². The molecule has 0 radical (unpaired) electrons. The third-order valence-corrected chi connectivity index (χ3v) is 3.10. The van der Waals surface area contributed by atoms with Crippen molar-refractivity contribution >= 4 is 0 Å². The van der Waals surface area contributed by atoms with Gasteiger partial charge in [-0.3, -0.25) is 0 Å². The van der Waals surface area contributed by atoms with Crippen molar-refractivity contribution in [1.29, 1.82) is 0 Å². The highest BCUT2D eigenvalue weighted by Crippen LogP contribution is 2.25. The lowest BCUT2D eigenvalue weighted by molar-refractivity contribution is 0.273. The van der Waals surface area contributed by atoms with Crippen LogP contribution in [0.25, 0.3) is 0 Å². The fraction of sp³-hybridized carbons (Fsp3) is 0.571. The number of nitrogens with zero attached hydrogens (tertiary/aromatic N) is 1. The highest BCUT2D eigenvalue weighted by Gasteiger charge is 2.03. The van der Waals surface area contributed by atoms with Crippen molar-refractivity contribution in [3.8, 4) is 11.5 Å². The van der Waals surface area contributed by atoms with Gasteiger partial charge in [0, 0.05) is 25.7 Å². The number of rotatable bonds is 7. The van der Waals surface area contributed by atoms with E-state index in [1.165, 1.54) is 0 Å². The summed E-state index contributed by atoms with van der Waals surface area (Å²) in [6, 6.07) is 6.04. The summed E-state index contributed by atoms with van der Waals surface area (Å²) in [4.78, 5) is 2.29. The van der Waals surface area contributed by atoms with Crippen LogP contribution in [0.15, 0.2) is 18.2 Å². The van der Waals surface area contributed by atoms with Crippen LogP contribution < -0.4 is 10.1 Å². The highest BCUT2D eigenvalue weighted by molar-refractivity contribution is 5.41. The zero-order valence-corrected chi connectivity index (χ0v) is 11.7. The second-order valence-electron chi connectivity index (χ2n) is 4.76. The van der Waals surface area contributed by atoms with E-state index < -0.39 is 0 Å². The minimum atomic E-state index is 0.191. The second kappa shape index (κ2) is 7.24. The van der Waals surface area contributed by atoms with Crippen LogP contribution in [-0.2, 0) is 6.54 Å². The maximum Gasteiger partial charge on any atom is 0.160 e. The molecule has 0 fully saturated rings. The number of likely N-dealkylation sites (N-methyl/N-ethyl adjacent to an activating group) is 1. The van der Waals surface area contributed by atoms with Crippen molar-refractivity contribution in [2.75, 3.05) is 27.2 Å². The average molecular weight is 252 g/mol. The maximum absolute atomic E-state index is 9.65. The third kappa shape index (κ3) is 4.55. The lowest BCUT2D eigenvalue weighted by Gasteiger charge is -2.20. The van der Waals surface area contributed by atoms with Crippen molar-refractivity contribution in [2.24, 2.45) is 0 Å². The first-order valence-electron chi connectivity index (χ1n) is 6.31. The van der Waals surface area contributed by atoms with Crippen molar-refractivity contribution in [3.63, 3.8) is 0 Å². The number of hydrogen-bond acceptors (Lipinski definition) is 4. The summed E-state index contributed by atoms with van der Waals surface area (Å²) in [5.41, 5.74) is 1.06. The van der Waals surface area contributed by atoms with Crippen LogP contribution in [0.4, 0.5) is 0 Å². The molecule has 0 heterocycles. The topological polar surface area (TPSA) is 44.7 Å². The van der Waals surface area contributed by atoms with Gasteiger partial charge in [-0.2, -0.15) is 0 Å². The van der Waals surface area contributed by atoms with Gasteiger partial charge >= 0.3 is 0 Å². The highest BCUT2D eigenvalue weighted by atomic mass is 16.5. The van der Waals surface area contributed by atoms with Gasteiger partial charge in [0.05, 0.1) is 7.11 Å². The molecule has 0 saturated carbocycles. The minimum Gasteiger partial charge on any atom is -0.504 e. The summed E-state index contributed by atoms with van der Waals surface area (Å²) in [6.07, 6.45) is 0. The molecule has 0 amide bonds. The first-order valence-corrected chi connectivity index (χ1v) is 6.31. The molecule has 0 spiro atoms. The first-order chi connectivity index (χ1) is 8.54. The Balaban J connectivity index is 2.33. The Morgan fingerprint density at radius 1 is 1.39 bits per heavy atom. The fourth-order valence-electron chi connectivity index (χ4n) is 1.59. The normalized spacial score (nSPS) is 11.2. The Morgan fingerprint density at radius 2 is 2.11 bits per heavy atom. The van der Waals surface area contributed by atoms with E-state index >= 15 is 0 Å². The summed E-state index contributed by atoms with van der Waals surface area (Å²) >= 11 is 0. The molecular weight excluding hydrogens is 228 g/mol. The molecule has 1 aromatic carbocycles. The van der Waals surface area contributed by atoms with Crippen molar-refractivity contribution < 1.29 is 9.84 Å². The van der Waals surface area contributed by atoms with E-state index in [0.29, 0.717) is 11.8 Å². The molecule has 0 unspecified atom stereocenters. The number of ether oxygens (including phenoxy) is 1. The van der Waals surface area contributed by atoms with Gasteiger partial charge < -0.3 is 20.1 Å². The molecule has 1 aromatic rings. The molecule has 102 valence electrons. The monoisotopic (exact) mass is 252 g/mol. The second-order valence-corrected chi connectivity index (χ2v) is 4.76. The fourth-order valence-corrected chi connectivity index (χ4v) is 1.59. The van der Waals surface area contributed by atoms with E-state index in [4.69, 9.17) is 4.74 Å². The van der Waals surface area contributed by atoms with Gasteiger partial charge in [0.2, 0.25) is 0 Å². The predicted octanol–water partition coefficient (Wildman–Crippen LogP) is 1.83. The van der Waals surface area contributed by atoms with Crippen molar-refractivity contribution in [2.45, 2.75) is 26.4 Å². The van der Waals surface area contributed by atoms with Gasteiger partial charge in [-0.05, 0) is 38.6 Å². The van der Waals surface area contributed by atoms with Gasteiger partial charge in [0.25, 0.3) is 0 Å². The lowest BCUT2D eigenvalue weighted by Crippen LogP contribution is -2.33. The molecular formula is C14H24N2O2. The molecule has 4 nitrogen and oxygen atoms in total. The Kier molecular flexibility index (Phi) is 5.95. The molecule has 0 atom stereocenters. The van der Waals surface area contributed by atoms with Crippen LogP contribution in [0.1, 0.15) is 19.4 Å². The van der Waals surface area contributed by atoms with E-state index in [2.05, 4.69) is 31.1 Å². The van der Waals surface area contributed by atoms with Crippen LogP contribution in [0, 0.1) is 0 Å². The average Bonchev–Trinajstić information content (AvgIpc) is 2.34. The van der Waals surface area contributed by atoms with Crippen LogP contribution >= 0.6 is 0 Å². The molecule has 0 aliphatic rings. The quantitative estimate of drug-likeness (QED) is 0.727. The molecule has 2 N–H and O–H groups in total. The smallest absolute Gasteiger partial charge is 0.160 e. The largest absolute Gasteiger partial charge is 0.504 e. The van der Waals surface area contributed by atoms with Gasteiger partial charge in [-0.25, -0.2) is 0 Å². The maximum atomic E-state index is 9.65. The van der Waals surface area contributed by atoms with Gasteiger partial charge in [0.1, 0.15) is 0 Å². The number of nitrogens with one attached hydrogen (secondary N) is 1. The summed E-state index contributed by atoms with van der Waals surface area (Å²) in [5, 5.41) is 13.0. The number of aromatic hydroxyl groups is 1. The van der Waals surface area contributed by atoms with Gasteiger partial charge in [0.15, 0.2) is 11.5 Å². The van der Waals surface area contributed by atoms with Gasteiger partial charge in [-0.15, -0.1) is 0 Å². The van der Waals surface area contributed by atoms with E-state index in [1.54, 1.807) is 19.2 Å². The molecule has 18 heavy (non-hydrogen) atoms. The lowest BCUT2D eigenvalue weighted by atomic mass is 10.2. The summed E-state index contributed by atoms with van der Waals surface area (Å²) in [7, 11) is 3.67. The number of methoxy groups -OCH3 is 1. The first kappa shape index (κ1) is 14.8. The Bertz CT molecular complexity index is 367. The summed E-state index contributed by atoms with van der Waals surface area (Å²) in [6.45, 7) is 7.06.